The third kappa shape index (κ3) is 4.34. The first-order valence-corrected chi connectivity index (χ1v) is 13.0. The molecule has 3 N–H and O–H groups in total. The smallest absolute Gasteiger partial charge is 0.250 e. The molecule has 1 spiro atoms. The number of nitrogens with one attached hydrogen (secondary N) is 2. The predicted molar refractivity (Wildman–Crippen MR) is 133 cm³/mol. The van der Waals surface area contributed by atoms with Gasteiger partial charge in [0.2, 0.25) is 17.7 Å². The van der Waals surface area contributed by atoms with E-state index >= 15 is 0 Å². The summed E-state index contributed by atoms with van der Waals surface area (Å²) in [5.41, 5.74) is 0.172. The number of amides is 3. The number of carbonyl (C=O) groups is 3. The highest BCUT2D eigenvalue weighted by molar-refractivity contribution is 6.34. The second-order valence-electron chi connectivity index (χ2n) is 10.5. The van der Waals surface area contributed by atoms with E-state index in [1.807, 2.05) is 33.8 Å². The van der Waals surface area contributed by atoms with Crippen LogP contribution in [0.5, 0.6) is 0 Å². The topological polar surface area (TPSA) is 108 Å². The van der Waals surface area contributed by atoms with E-state index in [0.717, 1.165) is 12.0 Å². The van der Waals surface area contributed by atoms with Crippen LogP contribution in [0.2, 0.25) is 5.02 Å². The standard InChI is InChI=1S/C26H36ClN3O5/c1-5-11-28-23(32)19-18-9-10-26(35-18)20(19)25(34)30(16(13-31)12-14(2)3)22(26)24(33)29-21-15(4)7-6-8-17(21)27/h6-8,14,16,18-20,22,31H,5,9-13H2,1-4H3,(H,28,32)(H,29,33)/t16-,18+,19-,20+,22?,26?/m1/s1. The van der Waals surface area contributed by atoms with E-state index in [-0.39, 0.29) is 24.3 Å². The number of hydrogen-bond donors (Lipinski definition) is 3. The summed E-state index contributed by atoms with van der Waals surface area (Å²) >= 11 is 6.39. The highest BCUT2D eigenvalue weighted by Gasteiger charge is 2.75. The molecule has 0 saturated carbocycles. The van der Waals surface area contributed by atoms with E-state index in [2.05, 4.69) is 10.6 Å². The van der Waals surface area contributed by atoms with Gasteiger partial charge in [-0.15, -0.1) is 0 Å². The van der Waals surface area contributed by atoms with E-state index in [4.69, 9.17) is 16.3 Å². The van der Waals surface area contributed by atoms with Gasteiger partial charge in [0.15, 0.2) is 0 Å². The summed E-state index contributed by atoms with van der Waals surface area (Å²) in [6.45, 7) is 8.07. The van der Waals surface area contributed by atoms with Gasteiger partial charge in [0.05, 0.1) is 41.3 Å². The van der Waals surface area contributed by atoms with Crippen LogP contribution in [0.1, 0.15) is 52.0 Å². The number of aliphatic hydroxyl groups excluding tert-OH is 1. The van der Waals surface area contributed by atoms with E-state index in [1.54, 1.807) is 12.1 Å². The molecule has 192 valence electrons. The number of fused-ring (bicyclic) bond motifs is 1. The van der Waals surface area contributed by atoms with Gasteiger partial charge in [-0.2, -0.15) is 0 Å². The van der Waals surface area contributed by atoms with Crippen molar-refractivity contribution < 1.29 is 24.2 Å². The largest absolute Gasteiger partial charge is 0.394 e. The zero-order valence-corrected chi connectivity index (χ0v) is 21.6. The first kappa shape index (κ1) is 25.9. The first-order chi connectivity index (χ1) is 16.7. The Morgan fingerprint density at radius 1 is 1.31 bits per heavy atom. The van der Waals surface area contributed by atoms with E-state index in [0.29, 0.717) is 36.5 Å². The van der Waals surface area contributed by atoms with Crippen molar-refractivity contribution in [2.45, 2.75) is 77.2 Å². The maximum atomic E-state index is 14.0. The summed E-state index contributed by atoms with van der Waals surface area (Å²) in [6.07, 6.45) is 2.00. The predicted octanol–water partition coefficient (Wildman–Crippen LogP) is 2.89. The highest BCUT2D eigenvalue weighted by Crippen LogP contribution is 2.59. The van der Waals surface area contributed by atoms with Crippen LogP contribution in [0.25, 0.3) is 0 Å². The van der Waals surface area contributed by atoms with Crippen molar-refractivity contribution in [3.05, 3.63) is 28.8 Å². The summed E-state index contributed by atoms with van der Waals surface area (Å²) in [5.74, 6) is -2.13. The maximum Gasteiger partial charge on any atom is 0.250 e. The van der Waals surface area contributed by atoms with Crippen molar-refractivity contribution >= 4 is 35.0 Å². The third-order valence-corrected chi connectivity index (χ3v) is 7.97. The monoisotopic (exact) mass is 505 g/mol. The van der Waals surface area contributed by atoms with Crippen molar-refractivity contribution in [3.63, 3.8) is 0 Å². The van der Waals surface area contributed by atoms with E-state index in [1.165, 1.54) is 4.90 Å². The van der Waals surface area contributed by atoms with E-state index in [9.17, 15) is 19.5 Å². The molecule has 1 aromatic carbocycles. The van der Waals surface area contributed by atoms with Crippen LogP contribution in [0, 0.1) is 24.7 Å². The van der Waals surface area contributed by atoms with Crippen molar-refractivity contribution in [2.75, 3.05) is 18.5 Å². The number of halogens is 1. The summed E-state index contributed by atoms with van der Waals surface area (Å²) in [6, 6.07) is 3.82. The lowest BCUT2D eigenvalue weighted by molar-refractivity contribution is -0.144. The average Bonchev–Trinajstić information content (AvgIpc) is 3.45. The van der Waals surface area contributed by atoms with Gasteiger partial charge in [-0.1, -0.05) is 44.5 Å². The van der Waals surface area contributed by atoms with Crippen molar-refractivity contribution in [3.8, 4) is 0 Å². The molecule has 35 heavy (non-hydrogen) atoms. The average molecular weight is 506 g/mol. The molecule has 3 fully saturated rings. The van der Waals surface area contributed by atoms with Gasteiger partial charge in [-0.05, 0) is 50.2 Å². The lowest BCUT2D eigenvalue weighted by Gasteiger charge is -2.37. The maximum absolute atomic E-state index is 14.0. The zero-order valence-electron chi connectivity index (χ0n) is 20.8. The Hall–Kier alpha value is -2.16. The molecule has 2 unspecified atom stereocenters. The van der Waals surface area contributed by atoms with Gasteiger partial charge in [0.25, 0.3) is 0 Å². The van der Waals surface area contributed by atoms with Crippen LogP contribution in [0.3, 0.4) is 0 Å². The Balaban J connectivity index is 1.75. The lowest BCUT2D eigenvalue weighted by Crippen LogP contribution is -2.56. The fourth-order valence-corrected chi connectivity index (χ4v) is 6.52. The van der Waals surface area contributed by atoms with Gasteiger partial charge in [-0.25, -0.2) is 0 Å². The lowest BCUT2D eigenvalue weighted by atomic mass is 9.70. The van der Waals surface area contributed by atoms with Crippen molar-refractivity contribution in [2.24, 2.45) is 17.8 Å². The van der Waals surface area contributed by atoms with Crippen LogP contribution in [-0.2, 0) is 19.1 Å². The molecule has 3 heterocycles. The first-order valence-electron chi connectivity index (χ1n) is 12.6. The summed E-state index contributed by atoms with van der Waals surface area (Å²) in [7, 11) is 0. The Labute approximate surface area is 211 Å². The Morgan fingerprint density at radius 3 is 2.69 bits per heavy atom. The number of hydrogen-bond acceptors (Lipinski definition) is 5. The number of aliphatic hydroxyl groups is 1. The molecule has 0 aliphatic carbocycles. The molecule has 4 rings (SSSR count). The third-order valence-electron chi connectivity index (χ3n) is 7.66. The Bertz CT molecular complexity index is 981. The quantitative estimate of drug-likeness (QED) is 0.478. The number of para-hydroxylation sites is 1. The molecule has 2 bridgehead atoms. The Kier molecular flexibility index (Phi) is 7.46. The second-order valence-corrected chi connectivity index (χ2v) is 10.9. The summed E-state index contributed by atoms with van der Waals surface area (Å²) < 4.78 is 6.43. The normalized spacial score (nSPS) is 30.0. The van der Waals surface area contributed by atoms with Gasteiger partial charge < -0.3 is 25.4 Å². The molecular formula is C26H36ClN3O5. The number of rotatable bonds is 9. The molecule has 0 aromatic heterocycles. The van der Waals surface area contributed by atoms with Crippen molar-refractivity contribution in [1.29, 1.82) is 0 Å². The van der Waals surface area contributed by atoms with Gasteiger partial charge in [0, 0.05) is 6.54 Å². The Morgan fingerprint density at radius 2 is 2.06 bits per heavy atom. The van der Waals surface area contributed by atoms with Gasteiger partial charge in [0.1, 0.15) is 11.6 Å². The highest BCUT2D eigenvalue weighted by atomic mass is 35.5. The number of ether oxygens (including phenoxy) is 1. The van der Waals surface area contributed by atoms with Crippen LogP contribution in [-0.4, -0.2) is 64.7 Å². The SMILES string of the molecule is CCCNC(=O)[C@@H]1[C@@H]2CCC3(O2)C(C(=O)Nc2c(C)cccc2Cl)N([C@@H](CO)CC(C)C)C(=O)[C@H]13. The van der Waals surface area contributed by atoms with E-state index < -0.39 is 41.5 Å². The zero-order chi connectivity index (χ0) is 25.5. The molecule has 3 aliphatic heterocycles. The van der Waals surface area contributed by atoms with Crippen LogP contribution < -0.4 is 10.6 Å². The molecule has 3 saturated heterocycles. The van der Waals surface area contributed by atoms with Crippen LogP contribution in [0.4, 0.5) is 5.69 Å². The molecule has 6 atom stereocenters. The van der Waals surface area contributed by atoms with Crippen LogP contribution in [0.15, 0.2) is 18.2 Å². The minimum Gasteiger partial charge on any atom is -0.394 e. The molecule has 8 nitrogen and oxygen atoms in total. The molecular weight excluding hydrogens is 470 g/mol. The number of nitrogens with zero attached hydrogens (tertiary/aromatic N) is 1. The number of likely N-dealkylation sites (tertiary alicyclic amines) is 1. The molecule has 1 aromatic rings. The molecule has 3 amide bonds. The summed E-state index contributed by atoms with van der Waals surface area (Å²) in [4.78, 5) is 42.6. The summed E-state index contributed by atoms with van der Waals surface area (Å²) in [5, 5.41) is 16.6. The van der Waals surface area contributed by atoms with Crippen LogP contribution >= 0.6 is 11.6 Å². The number of anilines is 1. The number of carbonyl (C=O) groups excluding carboxylic acids is 3. The minimum atomic E-state index is -1.11. The number of aryl methyl sites for hydroxylation is 1. The minimum absolute atomic E-state index is 0.188. The fraction of sp³-hybridized carbons (Fsp3) is 0.654. The van der Waals surface area contributed by atoms with Crippen molar-refractivity contribution in [1.82, 2.24) is 10.2 Å². The van der Waals surface area contributed by atoms with Gasteiger partial charge in [-0.3, -0.25) is 14.4 Å². The second kappa shape index (κ2) is 10.1. The molecule has 3 aliphatic rings. The number of benzene rings is 1. The molecule has 0 radical (unpaired) electrons. The van der Waals surface area contributed by atoms with Gasteiger partial charge >= 0.3 is 0 Å². The fourth-order valence-electron chi connectivity index (χ4n) is 6.25. The molecule has 9 heteroatoms.